The van der Waals surface area contributed by atoms with Crippen LogP contribution in [0.3, 0.4) is 0 Å². The maximum absolute atomic E-state index is 12.5. The number of rotatable bonds is 3. The first kappa shape index (κ1) is 17.0. The molecule has 1 N–H and O–H groups in total. The van der Waals surface area contributed by atoms with Crippen molar-refractivity contribution in [3.05, 3.63) is 0 Å². The highest BCUT2D eigenvalue weighted by Gasteiger charge is 2.36. The minimum absolute atomic E-state index is 0. The molecule has 4 nitrogen and oxygen atoms in total. The molecule has 5 heteroatoms. The highest BCUT2D eigenvalue weighted by Crippen LogP contribution is 2.33. The summed E-state index contributed by atoms with van der Waals surface area (Å²) < 4.78 is 5.51. The molecule has 0 aromatic carbocycles. The summed E-state index contributed by atoms with van der Waals surface area (Å²) in [4.78, 5) is 14.6. The molecule has 0 aromatic rings. The second kappa shape index (κ2) is 7.30. The van der Waals surface area contributed by atoms with Crippen molar-refractivity contribution < 1.29 is 9.53 Å². The fraction of sp³-hybridized carbons (Fsp3) is 0.938. The Kier molecular flexibility index (Phi) is 5.92. The number of hydrogen-bond donors (Lipinski definition) is 1. The fourth-order valence-corrected chi connectivity index (χ4v) is 4.29. The van der Waals surface area contributed by atoms with E-state index < -0.39 is 0 Å². The molecule has 21 heavy (non-hydrogen) atoms. The van der Waals surface area contributed by atoms with E-state index >= 15 is 0 Å². The summed E-state index contributed by atoms with van der Waals surface area (Å²) in [6.45, 7) is 3.92. The van der Waals surface area contributed by atoms with Crippen molar-refractivity contribution in [1.82, 2.24) is 10.2 Å². The van der Waals surface area contributed by atoms with Gasteiger partial charge in [0.1, 0.15) is 0 Å². The minimum atomic E-state index is 0. The molecule has 1 amide bonds. The van der Waals surface area contributed by atoms with Crippen LogP contribution in [0.25, 0.3) is 0 Å². The van der Waals surface area contributed by atoms with Gasteiger partial charge in [-0.2, -0.15) is 0 Å². The van der Waals surface area contributed by atoms with Crippen LogP contribution in [-0.4, -0.2) is 49.2 Å². The summed E-state index contributed by atoms with van der Waals surface area (Å²) in [6, 6.07) is 1.36. The van der Waals surface area contributed by atoms with E-state index in [9.17, 15) is 4.79 Å². The lowest BCUT2D eigenvalue weighted by Gasteiger charge is -2.37. The normalized spacial score (nSPS) is 39.0. The molecule has 0 radical (unpaired) electrons. The monoisotopic (exact) mass is 316 g/mol. The number of carbonyl (C=O) groups is 1. The number of piperidine rings is 2. The van der Waals surface area contributed by atoms with Crippen molar-refractivity contribution >= 4 is 18.3 Å². The Labute approximate surface area is 134 Å². The van der Waals surface area contributed by atoms with Crippen molar-refractivity contribution in [2.45, 2.75) is 63.6 Å². The number of amides is 1. The average Bonchev–Trinajstić information content (AvgIpc) is 2.78. The predicted octanol–water partition coefficient (Wildman–Crippen LogP) is 2.21. The number of nitrogens with one attached hydrogen (secondary N) is 1. The van der Waals surface area contributed by atoms with E-state index in [1.54, 1.807) is 7.11 Å². The number of hydrogen-bond acceptors (Lipinski definition) is 3. The van der Waals surface area contributed by atoms with Crippen molar-refractivity contribution in [2.75, 3.05) is 20.2 Å². The van der Waals surface area contributed by atoms with Crippen molar-refractivity contribution in [3.8, 4) is 0 Å². The zero-order valence-corrected chi connectivity index (χ0v) is 14.0. The second-order valence-corrected chi connectivity index (χ2v) is 7.06. The SMILES string of the molecule is COC1CN(C(=O)CC2CC3CCC(C2)N3)CCC1C.Cl. The number of ether oxygens (including phenoxy) is 1. The van der Waals surface area contributed by atoms with Gasteiger partial charge in [-0.05, 0) is 43.9 Å². The number of fused-ring (bicyclic) bond motifs is 2. The van der Waals surface area contributed by atoms with Gasteiger partial charge in [0.15, 0.2) is 0 Å². The molecule has 0 aliphatic carbocycles. The predicted molar refractivity (Wildman–Crippen MR) is 85.7 cm³/mol. The van der Waals surface area contributed by atoms with Crippen molar-refractivity contribution in [3.63, 3.8) is 0 Å². The quantitative estimate of drug-likeness (QED) is 0.868. The molecule has 4 atom stereocenters. The molecule has 3 rings (SSSR count). The molecule has 3 aliphatic rings. The summed E-state index contributed by atoms with van der Waals surface area (Å²) in [6.07, 6.45) is 7.05. The maximum atomic E-state index is 12.5. The van der Waals surface area contributed by atoms with Gasteiger partial charge in [-0.3, -0.25) is 4.79 Å². The van der Waals surface area contributed by atoms with Gasteiger partial charge in [-0.25, -0.2) is 0 Å². The second-order valence-electron chi connectivity index (χ2n) is 7.06. The number of halogens is 1. The van der Waals surface area contributed by atoms with E-state index in [1.165, 1.54) is 25.7 Å². The molecule has 3 aliphatic heterocycles. The van der Waals surface area contributed by atoms with Gasteiger partial charge in [0.2, 0.25) is 5.91 Å². The van der Waals surface area contributed by atoms with Gasteiger partial charge in [0.05, 0.1) is 6.10 Å². The lowest BCUT2D eigenvalue weighted by atomic mass is 9.88. The van der Waals surface area contributed by atoms with Crippen LogP contribution < -0.4 is 5.32 Å². The Morgan fingerprint density at radius 3 is 2.52 bits per heavy atom. The van der Waals surface area contributed by atoms with Crippen LogP contribution in [0.1, 0.15) is 45.4 Å². The Morgan fingerprint density at radius 2 is 1.90 bits per heavy atom. The van der Waals surface area contributed by atoms with Crippen LogP contribution in [0.5, 0.6) is 0 Å². The first-order valence-corrected chi connectivity index (χ1v) is 8.22. The van der Waals surface area contributed by atoms with Crippen LogP contribution in [-0.2, 0) is 9.53 Å². The van der Waals surface area contributed by atoms with Crippen LogP contribution in [0.15, 0.2) is 0 Å². The standard InChI is InChI=1S/C16H28N2O2.ClH/c1-11-5-6-18(10-15(11)20-2)16(19)9-12-7-13-3-4-14(8-12)17-13;/h11-15,17H,3-10H2,1-2H3;1H. The number of nitrogens with zero attached hydrogens (tertiary/aromatic N) is 1. The fourth-order valence-electron chi connectivity index (χ4n) is 4.29. The Balaban J connectivity index is 0.00000161. The molecule has 3 heterocycles. The number of carbonyl (C=O) groups excluding carboxylic acids is 1. The Morgan fingerprint density at radius 1 is 1.24 bits per heavy atom. The summed E-state index contributed by atoms with van der Waals surface area (Å²) in [5.74, 6) is 1.52. The van der Waals surface area contributed by atoms with Crippen LogP contribution in [0, 0.1) is 11.8 Å². The third-order valence-electron chi connectivity index (χ3n) is 5.58. The van der Waals surface area contributed by atoms with E-state index in [4.69, 9.17) is 4.74 Å². The molecule has 3 saturated heterocycles. The van der Waals surface area contributed by atoms with Gasteiger partial charge >= 0.3 is 0 Å². The Hall–Kier alpha value is -0.320. The molecule has 4 unspecified atom stereocenters. The van der Waals surface area contributed by atoms with Crippen molar-refractivity contribution in [1.29, 1.82) is 0 Å². The average molecular weight is 317 g/mol. The molecular formula is C16H29ClN2O2. The topological polar surface area (TPSA) is 41.6 Å². The zero-order valence-electron chi connectivity index (χ0n) is 13.2. The molecule has 0 saturated carbocycles. The molecule has 3 fully saturated rings. The van der Waals surface area contributed by atoms with Gasteiger partial charge in [0.25, 0.3) is 0 Å². The molecule has 0 aromatic heterocycles. The number of likely N-dealkylation sites (tertiary alicyclic amines) is 1. The van der Waals surface area contributed by atoms with E-state index in [0.717, 1.165) is 25.9 Å². The molecule has 2 bridgehead atoms. The van der Waals surface area contributed by atoms with Gasteiger partial charge in [-0.15, -0.1) is 12.4 Å². The van der Waals surface area contributed by atoms with Crippen LogP contribution >= 0.6 is 12.4 Å². The lowest BCUT2D eigenvalue weighted by molar-refractivity contribution is -0.137. The molecule has 0 spiro atoms. The highest BCUT2D eigenvalue weighted by molar-refractivity contribution is 5.85. The van der Waals surface area contributed by atoms with E-state index in [-0.39, 0.29) is 18.5 Å². The van der Waals surface area contributed by atoms with E-state index in [2.05, 4.69) is 12.2 Å². The summed E-state index contributed by atoms with van der Waals surface area (Å²) in [7, 11) is 1.76. The minimum Gasteiger partial charge on any atom is -0.379 e. The smallest absolute Gasteiger partial charge is 0.222 e. The van der Waals surface area contributed by atoms with E-state index in [0.29, 0.717) is 29.8 Å². The van der Waals surface area contributed by atoms with Gasteiger partial charge in [-0.1, -0.05) is 6.92 Å². The third-order valence-corrected chi connectivity index (χ3v) is 5.58. The van der Waals surface area contributed by atoms with Gasteiger partial charge in [0, 0.05) is 38.7 Å². The summed E-state index contributed by atoms with van der Waals surface area (Å²) in [5, 5.41) is 3.65. The largest absolute Gasteiger partial charge is 0.379 e. The molecule has 122 valence electrons. The maximum Gasteiger partial charge on any atom is 0.222 e. The summed E-state index contributed by atoms with van der Waals surface area (Å²) in [5.41, 5.74) is 0. The Bertz CT molecular complexity index is 354. The zero-order chi connectivity index (χ0) is 14.1. The summed E-state index contributed by atoms with van der Waals surface area (Å²) >= 11 is 0. The first-order chi connectivity index (χ1) is 9.65. The third kappa shape index (κ3) is 3.91. The lowest BCUT2D eigenvalue weighted by Crippen LogP contribution is -2.47. The highest BCUT2D eigenvalue weighted by atomic mass is 35.5. The van der Waals surface area contributed by atoms with Crippen LogP contribution in [0.4, 0.5) is 0 Å². The molecular weight excluding hydrogens is 288 g/mol. The van der Waals surface area contributed by atoms with Crippen molar-refractivity contribution in [2.24, 2.45) is 11.8 Å². The van der Waals surface area contributed by atoms with Crippen LogP contribution in [0.2, 0.25) is 0 Å². The van der Waals surface area contributed by atoms with Gasteiger partial charge < -0.3 is 15.0 Å². The first-order valence-electron chi connectivity index (χ1n) is 8.22. The van der Waals surface area contributed by atoms with E-state index in [1.807, 2.05) is 4.90 Å². The number of methoxy groups -OCH3 is 1.